The third-order valence-corrected chi connectivity index (χ3v) is 9.02. The molecule has 12 aliphatic heterocycles. The largest absolute Gasteiger partial charge is 0.312 e. The standard InChI is InChI=1S/C36H56N8/c1-2-32-4-3-31(1)25-37-13-19-43-21-15-39-27-33-5-9-35(10-6-33)29-41-17-23-44(20-14-38-26-32)24-18-42-30-36-11-7-34(8-12-36)28-40-16-22-43/h1-7,9-11,37-42H,8,12-30H2. The van der Waals surface area contributed by atoms with Crippen molar-refractivity contribution in [2.24, 2.45) is 0 Å². The number of benzene rings is 2. The van der Waals surface area contributed by atoms with Crippen LogP contribution in [0.4, 0.5) is 0 Å². The Balaban J connectivity index is 1.27. The van der Waals surface area contributed by atoms with Gasteiger partial charge in [0, 0.05) is 118 Å². The van der Waals surface area contributed by atoms with E-state index in [0.29, 0.717) is 0 Å². The van der Waals surface area contributed by atoms with Gasteiger partial charge in [-0.25, -0.2) is 0 Å². The minimum absolute atomic E-state index is 0.911. The van der Waals surface area contributed by atoms with Gasteiger partial charge in [0.25, 0.3) is 0 Å². The smallest absolute Gasteiger partial charge is 0.0206 e. The molecule has 8 heteroatoms. The van der Waals surface area contributed by atoms with Gasteiger partial charge < -0.3 is 31.9 Å². The molecule has 0 amide bonds. The summed E-state index contributed by atoms with van der Waals surface area (Å²) in [5.41, 5.74) is 8.44. The first kappa shape index (κ1) is 33.0. The highest BCUT2D eigenvalue weighted by molar-refractivity contribution is 5.26. The zero-order valence-electron chi connectivity index (χ0n) is 26.8. The molecule has 2 aromatic carbocycles. The molecule has 240 valence electrons. The zero-order valence-corrected chi connectivity index (χ0v) is 26.8. The number of nitrogens with zero attached hydrogens (tertiary/aromatic N) is 2. The van der Waals surface area contributed by atoms with Crippen LogP contribution in [-0.2, 0) is 26.2 Å². The zero-order chi connectivity index (χ0) is 30.1. The predicted octanol–water partition coefficient (Wildman–Crippen LogP) is 2.20. The van der Waals surface area contributed by atoms with Crippen molar-refractivity contribution in [3.05, 3.63) is 94.1 Å². The number of nitrogens with one attached hydrogen (secondary N) is 6. The SMILES string of the molecule is C1=C2CCC(=C1)CNCCN1CCNCc3ccc(cc3)CNCCN(CCNC2)CCNCc2ccc(cc2)CNCC1. The predicted molar refractivity (Wildman–Crippen MR) is 184 cm³/mol. The van der Waals surface area contributed by atoms with Gasteiger partial charge in [-0.1, -0.05) is 71.8 Å². The van der Waals surface area contributed by atoms with Gasteiger partial charge in [0.1, 0.15) is 0 Å². The van der Waals surface area contributed by atoms with E-state index in [9.17, 15) is 0 Å². The molecular weight excluding hydrogens is 544 g/mol. The molecule has 0 fully saturated rings. The molecule has 13 aliphatic rings. The lowest BCUT2D eigenvalue weighted by molar-refractivity contribution is 0.272. The van der Waals surface area contributed by atoms with Gasteiger partial charge in [0.15, 0.2) is 0 Å². The van der Waals surface area contributed by atoms with Crippen LogP contribution in [0.5, 0.6) is 0 Å². The summed E-state index contributed by atoms with van der Waals surface area (Å²) >= 11 is 0. The third-order valence-electron chi connectivity index (χ3n) is 9.02. The van der Waals surface area contributed by atoms with Crippen molar-refractivity contribution in [1.82, 2.24) is 41.7 Å². The molecule has 8 nitrogen and oxygen atoms in total. The molecule has 44 heavy (non-hydrogen) atoms. The van der Waals surface area contributed by atoms with Crippen molar-refractivity contribution in [1.29, 1.82) is 0 Å². The summed E-state index contributed by atoms with van der Waals surface area (Å²) in [7, 11) is 0. The van der Waals surface area contributed by atoms with Crippen LogP contribution in [0.25, 0.3) is 0 Å². The Hall–Kier alpha value is -2.40. The van der Waals surface area contributed by atoms with E-state index in [0.717, 1.165) is 118 Å². The van der Waals surface area contributed by atoms with E-state index in [1.54, 1.807) is 0 Å². The van der Waals surface area contributed by atoms with Crippen LogP contribution in [0.3, 0.4) is 0 Å². The van der Waals surface area contributed by atoms with E-state index in [-0.39, 0.29) is 0 Å². The number of rotatable bonds is 0. The van der Waals surface area contributed by atoms with Gasteiger partial charge in [0.2, 0.25) is 0 Å². The Labute approximate surface area is 266 Å². The molecule has 0 atom stereocenters. The van der Waals surface area contributed by atoms with Crippen LogP contribution in [0.2, 0.25) is 0 Å². The quantitative estimate of drug-likeness (QED) is 0.275. The van der Waals surface area contributed by atoms with Crippen LogP contribution < -0.4 is 31.9 Å². The Morgan fingerprint density at radius 2 is 0.591 bits per heavy atom. The minimum atomic E-state index is 0.911. The van der Waals surface area contributed by atoms with Crippen molar-refractivity contribution in [3.63, 3.8) is 0 Å². The average molecular weight is 601 g/mol. The third kappa shape index (κ3) is 12.2. The van der Waals surface area contributed by atoms with Gasteiger partial charge in [0.05, 0.1) is 0 Å². The van der Waals surface area contributed by atoms with Crippen LogP contribution in [0.1, 0.15) is 35.1 Å². The second-order valence-electron chi connectivity index (χ2n) is 12.5. The molecule has 0 aromatic heterocycles. The van der Waals surface area contributed by atoms with Gasteiger partial charge >= 0.3 is 0 Å². The van der Waals surface area contributed by atoms with Crippen molar-refractivity contribution >= 4 is 0 Å². The monoisotopic (exact) mass is 600 g/mol. The van der Waals surface area contributed by atoms with Gasteiger partial charge in [-0.3, -0.25) is 9.80 Å². The molecule has 0 saturated carbocycles. The fraction of sp³-hybridized carbons (Fsp3) is 0.556. The molecular formula is C36H56N8. The maximum absolute atomic E-state index is 3.73. The van der Waals surface area contributed by atoms with E-state index in [2.05, 4.69) is 102 Å². The van der Waals surface area contributed by atoms with Crippen LogP contribution in [0.15, 0.2) is 71.8 Å². The van der Waals surface area contributed by atoms with Crippen molar-refractivity contribution < 1.29 is 0 Å². The highest BCUT2D eigenvalue weighted by Gasteiger charge is 2.10. The second kappa shape index (κ2) is 19.2. The molecule has 0 spiro atoms. The lowest BCUT2D eigenvalue weighted by atomic mass is 9.98. The summed E-state index contributed by atoms with van der Waals surface area (Å²) in [5.74, 6) is 0. The van der Waals surface area contributed by atoms with Gasteiger partial charge in [-0.2, -0.15) is 0 Å². The molecule has 6 N–H and O–H groups in total. The summed E-state index contributed by atoms with van der Waals surface area (Å²) in [4.78, 5) is 5.18. The Bertz CT molecular complexity index is 990. The number of allylic oxidation sites excluding steroid dienone is 2. The summed E-state index contributed by atoms with van der Waals surface area (Å²) in [6.45, 7) is 17.9. The van der Waals surface area contributed by atoms with E-state index in [4.69, 9.17) is 0 Å². The fourth-order valence-corrected chi connectivity index (χ4v) is 6.09. The maximum Gasteiger partial charge on any atom is 0.0206 e. The van der Waals surface area contributed by atoms with Crippen molar-refractivity contribution in [3.8, 4) is 0 Å². The van der Waals surface area contributed by atoms with Gasteiger partial charge in [-0.15, -0.1) is 0 Å². The summed E-state index contributed by atoms with van der Waals surface area (Å²) in [6, 6.07) is 18.2. The van der Waals surface area contributed by atoms with E-state index in [1.165, 1.54) is 46.2 Å². The first-order valence-corrected chi connectivity index (χ1v) is 17.0. The van der Waals surface area contributed by atoms with Crippen molar-refractivity contribution in [2.45, 2.75) is 39.0 Å². The van der Waals surface area contributed by atoms with Crippen LogP contribution >= 0.6 is 0 Å². The molecule has 8 bridgehead atoms. The highest BCUT2D eigenvalue weighted by Crippen LogP contribution is 2.17. The maximum atomic E-state index is 3.73. The van der Waals surface area contributed by atoms with E-state index >= 15 is 0 Å². The first-order chi connectivity index (χ1) is 21.8. The fourth-order valence-electron chi connectivity index (χ4n) is 6.09. The summed E-state index contributed by atoms with van der Waals surface area (Å²) < 4.78 is 0. The van der Waals surface area contributed by atoms with E-state index in [1.807, 2.05) is 0 Å². The molecule has 0 saturated heterocycles. The Kier molecular flexibility index (Phi) is 14.4. The topological polar surface area (TPSA) is 78.7 Å². The Morgan fingerprint density at radius 3 is 0.841 bits per heavy atom. The van der Waals surface area contributed by atoms with E-state index < -0.39 is 0 Å². The number of hydrogen-bond donors (Lipinski definition) is 6. The Morgan fingerprint density at radius 1 is 0.341 bits per heavy atom. The molecule has 0 radical (unpaired) electrons. The van der Waals surface area contributed by atoms with Crippen LogP contribution in [-0.4, -0.2) is 101 Å². The minimum Gasteiger partial charge on any atom is -0.312 e. The van der Waals surface area contributed by atoms with Crippen molar-refractivity contribution in [2.75, 3.05) is 91.6 Å². The van der Waals surface area contributed by atoms with Crippen LogP contribution in [0, 0.1) is 0 Å². The first-order valence-electron chi connectivity index (χ1n) is 17.0. The molecule has 0 unspecified atom stereocenters. The average Bonchev–Trinajstić information content (AvgIpc) is 3.05. The molecule has 12 heterocycles. The summed E-state index contributed by atoms with van der Waals surface area (Å²) in [5, 5.41) is 22.2. The highest BCUT2D eigenvalue weighted by atomic mass is 15.2. The second-order valence-corrected chi connectivity index (χ2v) is 12.5. The lowest BCUT2D eigenvalue weighted by Crippen LogP contribution is -2.41. The molecule has 2 aromatic rings. The normalized spacial score (nSPS) is 24.5. The lowest BCUT2D eigenvalue weighted by Gasteiger charge is -2.24. The molecule has 1 aliphatic carbocycles. The summed E-state index contributed by atoms with van der Waals surface area (Å²) in [6.07, 6.45) is 7.05. The molecule has 15 rings (SSSR count). The number of hydrogen-bond acceptors (Lipinski definition) is 8. The van der Waals surface area contributed by atoms with Gasteiger partial charge in [-0.05, 0) is 35.1 Å².